The summed E-state index contributed by atoms with van der Waals surface area (Å²) in [4.78, 5) is 0. The Morgan fingerprint density at radius 3 is 2.18 bits per heavy atom. The van der Waals surface area contributed by atoms with Crippen LogP contribution >= 0.6 is 0 Å². The Morgan fingerprint density at radius 1 is 1.06 bits per heavy atom. The predicted octanol–water partition coefficient (Wildman–Crippen LogP) is 9.65. The quantitative estimate of drug-likeness (QED) is 0.188. The van der Waals surface area contributed by atoms with E-state index < -0.39 is 16.6 Å². The molecular formula is C29H56O2Si2. The van der Waals surface area contributed by atoms with Crippen LogP contribution in [0.25, 0.3) is 0 Å². The first kappa shape index (κ1) is 29.1. The van der Waals surface area contributed by atoms with Crippen molar-refractivity contribution in [3.8, 4) is 0 Å². The van der Waals surface area contributed by atoms with Gasteiger partial charge in [0.15, 0.2) is 16.6 Å². The third kappa shape index (κ3) is 7.66. The molecule has 1 unspecified atom stereocenters. The molecule has 0 heterocycles. The number of hydrogen-bond donors (Lipinski definition) is 0. The van der Waals surface area contributed by atoms with E-state index in [0.29, 0.717) is 18.1 Å². The van der Waals surface area contributed by atoms with Gasteiger partial charge in [-0.15, -0.1) is 6.58 Å². The lowest BCUT2D eigenvalue weighted by Crippen LogP contribution is -2.46. The van der Waals surface area contributed by atoms with Crippen molar-refractivity contribution in [2.24, 2.45) is 11.8 Å². The highest BCUT2D eigenvalue weighted by Gasteiger charge is 2.42. The van der Waals surface area contributed by atoms with Gasteiger partial charge in [-0.25, -0.2) is 0 Å². The molecule has 33 heavy (non-hydrogen) atoms. The Labute approximate surface area is 209 Å². The zero-order valence-corrected chi connectivity index (χ0v) is 25.5. The van der Waals surface area contributed by atoms with Gasteiger partial charge >= 0.3 is 0 Å². The summed E-state index contributed by atoms with van der Waals surface area (Å²) in [6.07, 6.45) is 16.9. The summed E-state index contributed by atoms with van der Waals surface area (Å²) < 4.78 is 14.1. The van der Waals surface area contributed by atoms with E-state index >= 15 is 0 Å². The van der Waals surface area contributed by atoms with Crippen LogP contribution in [0.15, 0.2) is 24.3 Å². The Balaban J connectivity index is 2.12. The first-order chi connectivity index (χ1) is 15.5. The summed E-state index contributed by atoms with van der Waals surface area (Å²) in [6.45, 7) is 23.2. The summed E-state index contributed by atoms with van der Waals surface area (Å²) in [7, 11) is -3.37. The summed E-state index contributed by atoms with van der Waals surface area (Å²) in [6, 6.07) is 3.70. The molecule has 0 amide bonds. The lowest BCUT2D eigenvalue weighted by molar-refractivity contribution is 0.0847. The topological polar surface area (TPSA) is 18.5 Å². The predicted molar refractivity (Wildman–Crippen MR) is 151 cm³/mol. The molecule has 0 bridgehead atoms. The molecule has 0 N–H and O–H groups in total. The van der Waals surface area contributed by atoms with E-state index in [4.69, 9.17) is 8.85 Å². The van der Waals surface area contributed by atoms with Gasteiger partial charge in [0.2, 0.25) is 0 Å². The molecule has 2 aliphatic rings. The SMILES string of the molecule is C=CC[C@@H]1C(CCC(O[Si](C)(C)C(C)(C)C)C2CCCCC2)=CC[C@@H]1O[Si](CC)(CC)CC. The minimum atomic E-state index is -1.78. The van der Waals surface area contributed by atoms with E-state index in [-0.39, 0.29) is 5.04 Å². The van der Waals surface area contributed by atoms with Crippen molar-refractivity contribution in [2.75, 3.05) is 0 Å². The number of rotatable bonds is 13. The molecule has 0 aromatic heterocycles. The Hall–Kier alpha value is -0.166. The van der Waals surface area contributed by atoms with Crippen LogP contribution in [0.1, 0.15) is 99.3 Å². The van der Waals surface area contributed by atoms with Crippen molar-refractivity contribution in [1.29, 1.82) is 0 Å². The summed E-state index contributed by atoms with van der Waals surface area (Å²) in [5, 5.41) is 0.269. The van der Waals surface area contributed by atoms with E-state index in [0.717, 1.165) is 18.8 Å². The molecule has 2 rings (SSSR count). The van der Waals surface area contributed by atoms with Crippen LogP contribution in [-0.2, 0) is 8.85 Å². The molecule has 0 aromatic rings. The Morgan fingerprint density at radius 2 is 1.67 bits per heavy atom. The van der Waals surface area contributed by atoms with Crippen LogP contribution in [0.4, 0.5) is 0 Å². The van der Waals surface area contributed by atoms with Gasteiger partial charge in [-0.1, -0.05) is 78.5 Å². The van der Waals surface area contributed by atoms with E-state index in [2.05, 4.69) is 73.4 Å². The maximum Gasteiger partial charge on any atom is 0.192 e. The van der Waals surface area contributed by atoms with Crippen LogP contribution in [0.5, 0.6) is 0 Å². The van der Waals surface area contributed by atoms with Crippen molar-refractivity contribution in [2.45, 2.75) is 148 Å². The second-order valence-electron chi connectivity index (χ2n) is 12.4. The van der Waals surface area contributed by atoms with Gasteiger partial charge in [0, 0.05) is 12.0 Å². The van der Waals surface area contributed by atoms with Crippen LogP contribution in [0.2, 0.25) is 36.3 Å². The number of allylic oxidation sites excluding steroid dienone is 1. The summed E-state index contributed by atoms with van der Waals surface area (Å²) in [5.74, 6) is 1.28. The van der Waals surface area contributed by atoms with E-state index in [1.54, 1.807) is 5.57 Å². The molecular weight excluding hydrogens is 436 g/mol. The van der Waals surface area contributed by atoms with E-state index in [1.165, 1.54) is 63.1 Å². The minimum Gasteiger partial charge on any atom is -0.414 e. The molecule has 1 saturated carbocycles. The van der Waals surface area contributed by atoms with Crippen molar-refractivity contribution >= 4 is 16.6 Å². The Bertz CT molecular complexity index is 616. The van der Waals surface area contributed by atoms with Gasteiger partial charge in [0.1, 0.15) is 0 Å². The molecule has 1 fully saturated rings. The molecule has 0 aliphatic heterocycles. The molecule has 2 nitrogen and oxygen atoms in total. The highest BCUT2D eigenvalue weighted by atomic mass is 28.4. The second kappa shape index (κ2) is 12.7. The molecule has 0 spiro atoms. The maximum absolute atomic E-state index is 7.12. The van der Waals surface area contributed by atoms with Crippen molar-refractivity contribution < 1.29 is 8.85 Å². The Kier molecular flexibility index (Phi) is 11.2. The van der Waals surface area contributed by atoms with Crippen LogP contribution < -0.4 is 0 Å². The fourth-order valence-corrected chi connectivity index (χ4v) is 10.1. The lowest BCUT2D eigenvalue weighted by atomic mass is 9.82. The second-order valence-corrected chi connectivity index (χ2v) is 21.9. The highest BCUT2D eigenvalue weighted by Crippen LogP contribution is 2.43. The fraction of sp³-hybridized carbons (Fsp3) is 0.862. The van der Waals surface area contributed by atoms with Crippen molar-refractivity contribution in [3.05, 3.63) is 24.3 Å². The minimum absolute atomic E-state index is 0.269. The van der Waals surface area contributed by atoms with Crippen LogP contribution in [-0.4, -0.2) is 28.8 Å². The normalized spacial score (nSPS) is 24.1. The standard InChI is InChI=1S/C29H56O2Si2/c1-10-17-26-24(21-23-28(26)31-33(11-2,12-3)13-4)20-22-27(25-18-15-14-16-19-25)30-32(8,9)29(5,6)7/h10,21,25-28H,1,11-20,22-23H2,2-9H3/t26-,27?,28+/m1/s1. The van der Waals surface area contributed by atoms with E-state index in [9.17, 15) is 0 Å². The first-order valence-corrected chi connectivity index (χ1v) is 19.6. The van der Waals surface area contributed by atoms with Gasteiger partial charge in [0.25, 0.3) is 0 Å². The maximum atomic E-state index is 7.12. The van der Waals surface area contributed by atoms with Crippen molar-refractivity contribution in [1.82, 2.24) is 0 Å². The smallest absolute Gasteiger partial charge is 0.192 e. The van der Waals surface area contributed by atoms with Gasteiger partial charge in [-0.2, -0.15) is 0 Å². The van der Waals surface area contributed by atoms with E-state index in [1.807, 2.05) is 0 Å². The molecule has 192 valence electrons. The fourth-order valence-electron chi connectivity index (χ4n) is 5.80. The third-order valence-corrected chi connectivity index (χ3v) is 18.6. The lowest BCUT2D eigenvalue weighted by Gasteiger charge is -2.42. The van der Waals surface area contributed by atoms with Crippen LogP contribution in [0.3, 0.4) is 0 Å². The third-order valence-electron chi connectivity index (χ3n) is 9.44. The number of hydrogen-bond acceptors (Lipinski definition) is 2. The largest absolute Gasteiger partial charge is 0.414 e. The highest BCUT2D eigenvalue weighted by molar-refractivity contribution is 6.74. The molecule has 2 aliphatic carbocycles. The van der Waals surface area contributed by atoms with Gasteiger partial charge in [-0.3, -0.25) is 0 Å². The van der Waals surface area contributed by atoms with Crippen molar-refractivity contribution in [3.63, 3.8) is 0 Å². The summed E-state index contributed by atoms with van der Waals surface area (Å²) in [5.41, 5.74) is 1.63. The first-order valence-electron chi connectivity index (χ1n) is 14.2. The van der Waals surface area contributed by atoms with Crippen LogP contribution in [0, 0.1) is 11.8 Å². The average molecular weight is 493 g/mol. The van der Waals surface area contributed by atoms with Gasteiger partial charge in [0.05, 0.1) is 6.10 Å². The zero-order valence-electron chi connectivity index (χ0n) is 23.5. The summed E-state index contributed by atoms with van der Waals surface area (Å²) >= 11 is 0. The van der Waals surface area contributed by atoms with Gasteiger partial charge in [-0.05, 0) is 80.7 Å². The van der Waals surface area contributed by atoms with Gasteiger partial charge < -0.3 is 8.85 Å². The monoisotopic (exact) mass is 492 g/mol. The molecule has 0 aromatic carbocycles. The average Bonchev–Trinajstić information content (AvgIpc) is 3.16. The molecule has 0 saturated heterocycles. The zero-order chi connectivity index (χ0) is 24.7. The molecule has 4 heteroatoms. The molecule has 0 radical (unpaired) electrons. The molecule has 3 atom stereocenters.